The Morgan fingerprint density at radius 1 is 1.23 bits per heavy atom. The van der Waals surface area contributed by atoms with Gasteiger partial charge in [-0.2, -0.15) is 0 Å². The predicted molar refractivity (Wildman–Crippen MR) is 97.3 cm³/mol. The number of rotatable bonds is 5. The zero-order chi connectivity index (χ0) is 18.8. The van der Waals surface area contributed by atoms with Crippen molar-refractivity contribution in [3.63, 3.8) is 0 Å². The summed E-state index contributed by atoms with van der Waals surface area (Å²) in [5, 5.41) is 11.1. The molecule has 0 N–H and O–H groups in total. The van der Waals surface area contributed by atoms with Crippen molar-refractivity contribution >= 4 is 17.5 Å². The van der Waals surface area contributed by atoms with E-state index in [9.17, 15) is 14.9 Å². The molecule has 7 nitrogen and oxygen atoms in total. The molecule has 0 radical (unpaired) electrons. The lowest BCUT2D eigenvalue weighted by molar-refractivity contribution is -0.389. The molecule has 0 aliphatic carbocycles. The lowest BCUT2D eigenvalue weighted by Gasteiger charge is -2.30. The highest BCUT2D eigenvalue weighted by molar-refractivity contribution is 5.99. The number of hydrogen-bond donors (Lipinski definition) is 0. The van der Waals surface area contributed by atoms with Crippen molar-refractivity contribution in [2.24, 2.45) is 0 Å². The fourth-order valence-electron chi connectivity index (χ4n) is 2.90. The topological polar surface area (TPSA) is 85.6 Å². The van der Waals surface area contributed by atoms with Crippen LogP contribution < -0.4 is 9.64 Å². The monoisotopic (exact) mass is 355 g/mol. The van der Waals surface area contributed by atoms with Crippen molar-refractivity contribution in [3.8, 4) is 5.75 Å². The minimum atomic E-state index is -0.610. The van der Waals surface area contributed by atoms with E-state index in [0.717, 1.165) is 5.56 Å². The Balaban J connectivity index is 1.97. The number of benzene rings is 1. The molecule has 26 heavy (non-hydrogen) atoms. The maximum Gasteiger partial charge on any atom is 0.366 e. The standard InChI is InChI=1S/C19H21N3O4/c1-4-15-19(23)21(11-13-5-7-14(8-6-13)12(2)3)18-16(26-15)9-10-17(20-18)22(24)25/h5-10,12,15H,4,11H2,1-3H3. The summed E-state index contributed by atoms with van der Waals surface area (Å²) in [5.74, 6) is 0.461. The molecule has 2 heterocycles. The van der Waals surface area contributed by atoms with Gasteiger partial charge >= 0.3 is 5.82 Å². The number of nitro groups is 1. The van der Waals surface area contributed by atoms with Crippen LogP contribution in [0.5, 0.6) is 5.75 Å². The molecule has 1 atom stereocenters. The van der Waals surface area contributed by atoms with Gasteiger partial charge in [-0.1, -0.05) is 45.0 Å². The Labute approximate surface area is 151 Å². The number of aromatic nitrogens is 1. The van der Waals surface area contributed by atoms with Crippen LogP contribution in [0.25, 0.3) is 0 Å². The molecular weight excluding hydrogens is 334 g/mol. The van der Waals surface area contributed by atoms with Gasteiger partial charge in [-0.05, 0) is 39.4 Å². The summed E-state index contributed by atoms with van der Waals surface area (Å²) in [6.07, 6.45) is -0.0985. The third kappa shape index (κ3) is 3.37. The smallest absolute Gasteiger partial charge is 0.366 e. The summed E-state index contributed by atoms with van der Waals surface area (Å²) in [6, 6.07) is 10.8. The van der Waals surface area contributed by atoms with Gasteiger partial charge in [0.2, 0.25) is 0 Å². The second-order valence-corrected chi connectivity index (χ2v) is 6.58. The number of nitrogens with zero attached hydrogens (tertiary/aromatic N) is 3. The number of hydrogen-bond acceptors (Lipinski definition) is 5. The van der Waals surface area contributed by atoms with E-state index in [1.165, 1.54) is 22.6 Å². The van der Waals surface area contributed by atoms with Crippen molar-refractivity contribution in [3.05, 3.63) is 57.6 Å². The van der Waals surface area contributed by atoms with Gasteiger partial charge in [0.25, 0.3) is 11.7 Å². The lowest BCUT2D eigenvalue weighted by atomic mass is 10.0. The Kier molecular flexibility index (Phi) is 4.88. The van der Waals surface area contributed by atoms with Crippen LogP contribution in [0.3, 0.4) is 0 Å². The molecule has 136 valence electrons. The van der Waals surface area contributed by atoms with Crippen LogP contribution in [0.15, 0.2) is 36.4 Å². The quantitative estimate of drug-likeness (QED) is 0.601. The van der Waals surface area contributed by atoms with Crippen molar-refractivity contribution in [1.82, 2.24) is 4.98 Å². The van der Waals surface area contributed by atoms with Crippen LogP contribution in [0.2, 0.25) is 0 Å². The van der Waals surface area contributed by atoms with Gasteiger partial charge in [0.05, 0.1) is 6.54 Å². The van der Waals surface area contributed by atoms with E-state index in [1.807, 2.05) is 31.2 Å². The average molecular weight is 355 g/mol. The van der Waals surface area contributed by atoms with Crippen LogP contribution in [0.1, 0.15) is 44.2 Å². The normalized spacial score (nSPS) is 16.4. The number of ether oxygens (including phenoxy) is 1. The zero-order valence-corrected chi connectivity index (χ0v) is 15.0. The van der Waals surface area contributed by atoms with Crippen molar-refractivity contribution in [2.45, 2.75) is 45.8 Å². The first-order chi connectivity index (χ1) is 12.4. The Hall–Kier alpha value is -2.96. The van der Waals surface area contributed by atoms with Crippen molar-refractivity contribution in [1.29, 1.82) is 0 Å². The van der Waals surface area contributed by atoms with E-state index in [4.69, 9.17) is 4.74 Å². The molecule has 1 aromatic carbocycles. The largest absolute Gasteiger partial charge is 0.474 e. The highest BCUT2D eigenvalue weighted by Crippen LogP contribution is 2.35. The SMILES string of the molecule is CCC1Oc2ccc([N+](=O)[O-])nc2N(Cc2ccc(C(C)C)cc2)C1=O. The van der Waals surface area contributed by atoms with Crippen molar-refractivity contribution in [2.75, 3.05) is 4.90 Å². The second kappa shape index (κ2) is 7.11. The molecule has 2 aromatic rings. The number of carbonyl (C=O) groups excluding carboxylic acids is 1. The summed E-state index contributed by atoms with van der Waals surface area (Å²) < 4.78 is 5.67. The molecule has 1 aliphatic heterocycles. The number of carbonyl (C=O) groups is 1. The summed E-state index contributed by atoms with van der Waals surface area (Å²) >= 11 is 0. The van der Waals surface area contributed by atoms with Crippen LogP contribution in [0, 0.1) is 10.1 Å². The maximum atomic E-state index is 12.8. The van der Waals surface area contributed by atoms with E-state index in [-0.39, 0.29) is 24.1 Å². The Morgan fingerprint density at radius 3 is 2.50 bits per heavy atom. The van der Waals surface area contributed by atoms with Crippen LogP contribution in [0.4, 0.5) is 11.6 Å². The average Bonchev–Trinajstić information content (AvgIpc) is 2.63. The summed E-state index contributed by atoms with van der Waals surface area (Å²) in [7, 11) is 0. The fourth-order valence-corrected chi connectivity index (χ4v) is 2.90. The van der Waals surface area contributed by atoms with Crippen LogP contribution in [-0.2, 0) is 11.3 Å². The maximum absolute atomic E-state index is 12.8. The first-order valence-corrected chi connectivity index (χ1v) is 8.63. The van der Waals surface area contributed by atoms with E-state index >= 15 is 0 Å². The molecule has 1 amide bonds. The minimum Gasteiger partial charge on any atom is -0.474 e. The van der Waals surface area contributed by atoms with E-state index in [0.29, 0.717) is 18.1 Å². The second-order valence-electron chi connectivity index (χ2n) is 6.58. The first-order valence-electron chi connectivity index (χ1n) is 8.63. The zero-order valence-electron chi connectivity index (χ0n) is 15.0. The van der Waals surface area contributed by atoms with E-state index < -0.39 is 11.0 Å². The van der Waals surface area contributed by atoms with Gasteiger partial charge in [-0.15, -0.1) is 0 Å². The third-order valence-electron chi connectivity index (χ3n) is 4.44. The molecule has 0 fully saturated rings. The van der Waals surface area contributed by atoms with Gasteiger partial charge in [-0.3, -0.25) is 9.69 Å². The molecular formula is C19H21N3O4. The van der Waals surface area contributed by atoms with E-state index in [1.54, 1.807) is 0 Å². The third-order valence-corrected chi connectivity index (χ3v) is 4.44. The molecule has 1 unspecified atom stereocenters. The molecule has 0 spiro atoms. The van der Waals surface area contributed by atoms with Gasteiger partial charge in [-0.25, -0.2) is 0 Å². The molecule has 7 heteroatoms. The Morgan fingerprint density at radius 2 is 1.92 bits per heavy atom. The van der Waals surface area contributed by atoms with Crippen LogP contribution >= 0.6 is 0 Å². The molecule has 0 saturated carbocycles. The first kappa shape index (κ1) is 17.8. The molecule has 3 rings (SSSR count). The molecule has 0 bridgehead atoms. The van der Waals surface area contributed by atoms with E-state index in [2.05, 4.69) is 18.8 Å². The van der Waals surface area contributed by atoms with Gasteiger partial charge in [0.15, 0.2) is 11.9 Å². The number of anilines is 1. The molecule has 0 saturated heterocycles. The minimum absolute atomic E-state index is 0.196. The van der Waals surface area contributed by atoms with Crippen LogP contribution in [-0.4, -0.2) is 21.9 Å². The predicted octanol–water partition coefficient (Wildman–Crippen LogP) is 3.82. The molecule has 1 aromatic heterocycles. The van der Waals surface area contributed by atoms with Gasteiger partial charge < -0.3 is 14.9 Å². The highest BCUT2D eigenvalue weighted by atomic mass is 16.6. The summed E-state index contributed by atoms with van der Waals surface area (Å²) in [5.41, 5.74) is 2.14. The number of amides is 1. The summed E-state index contributed by atoms with van der Waals surface area (Å²) in [6.45, 7) is 6.39. The van der Waals surface area contributed by atoms with Gasteiger partial charge in [0, 0.05) is 6.07 Å². The Bertz CT molecular complexity index is 833. The highest BCUT2D eigenvalue weighted by Gasteiger charge is 2.38. The fraction of sp³-hybridized carbons (Fsp3) is 0.368. The lowest BCUT2D eigenvalue weighted by Crippen LogP contribution is -2.45. The number of pyridine rings is 1. The van der Waals surface area contributed by atoms with Gasteiger partial charge in [0.1, 0.15) is 0 Å². The summed E-state index contributed by atoms with van der Waals surface area (Å²) in [4.78, 5) is 28.8. The number of fused-ring (bicyclic) bond motifs is 1. The molecule has 1 aliphatic rings. The van der Waals surface area contributed by atoms with Crippen molar-refractivity contribution < 1.29 is 14.5 Å².